The van der Waals surface area contributed by atoms with E-state index in [-0.39, 0.29) is 12.4 Å². The highest BCUT2D eigenvalue weighted by molar-refractivity contribution is 7.13. The molecule has 0 aliphatic rings. The summed E-state index contributed by atoms with van der Waals surface area (Å²) in [4.78, 5) is 39.6. The normalized spacial score (nSPS) is 10.4. The van der Waals surface area contributed by atoms with Crippen LogP contribution >= 0.6 is 11.3 Å². The molecule has 2 aromatic heterocycles. The zero-order valence-electron chi connectivity index (χ0n) is 11.5. The van der Waals surface area contributed by atoms with Crippen molar-refractivity contribution < 1.29 is 19.1 Å². The first-order chi connectivity index (χ1) is 10.0. The molecule has 2 rings (SSSR count). The molecule has 0 unspecified atom stereocenters. The maximum atomic E-state index is 11.9. The Kier molecular flexibility index (Phi) is 4.59. The number of carbonyl (C=O) groups excluding carboxylic acids is 3. The lowest BCUT2D eigenvalue weighted by Gasteiger charge is -1.98. The van der Waals surface area contributed by atoms with Crippen molar-refractivity contribution in [2.24, 2.45) is 7.05 Å². The number of aryl methyl sites for hydroxylation is 1. The van der Waals surface area contributed by atoms with E-state index in [1.165, 1.54) is 16.0 Å². The van der Waals surface area contributed by atoms with Gasteiger partial charge in [0, 0.05) is 7.05 Å². The number of rotatable bonds is 6. The summed E-state index contributed by atoms with van der Waals surface area (Å²) in [5.41, 5.74) is 0. The van der Waals surface area contributed by atoms with Crippen molar-refractivity contribution in [2.45, 2.75) is 13.3 Å². The van der Waals surface area contributed by atoms with Gasteiger partial charge in [0.2, 0.25) is 17.4 Å². The van der Waals surface area contributed by atoms with Gasteiger partial charge in [-0.2, -0.15) is 0 Å². The number of ether oxygens (including phenoxy) is 1. The van der Waals surface area contributed by atoms with E-state index >= 15 is 0 Å². The first-order valence-electron chi connectivity index (χ1n) is 6.21. The Morgan fingerprint density at radius 2 is 2.14 bits per heavy atom. The summed E-state index contributed by atoms with van der Waals surface area (Å²) in [6.45, 7) is 1.67. The van der Waals surface area contributed by atoms with Gasteiger partial charge < -0.3 is 4.74 Å². The lowest BCUT2D eigenvalue weighted by Crippen LogP contribution is -2.21. The van der Waals surface area contributed by atoms with Crippen molar-refractivity contribution in [3.8, 4) is 10.7 Å². The number of hydrogen-bond donors (Lipinski definition) is 0. The predicted octanol–water partition coefficient (Wildman–Crippen LogP) is 1.25. The molecule has 0 bridgehead atoms. The van der Waals surface area contributed by atoms with E-state index in [1.807, 2.05) is 17.5 Å². The SMILES string of the molecule is CCOC(=O)C(=O)CC(=O)c1nc(-c2cccs2)n(C)n1. The zero-order chi connectivity index (χ0) is 15.4. The molecular weight excluding hydrogens is 294 g/mol. The monoisotopic (exact) mass is 307 g/mol. The van der Waals surface area contributed by atoms with Gasteiger partial charge in [0.05, 0.1) is 17.9 Å². The Hall–Kier alpha value is -2.35. The second-order valence-corrected chi connectivity index (χ2v) is 5.05. The Bertz CT molecular complexity index is 676. The molecule has 8 heteroatoms. The van der Waals surface area contributed by atoms with Gasteiger partial charge in [0.1, 0.15) is 0 Å². The van der Waals surface area contributed by atoms with Crippen LogP contribution in [0.15, 0.2) is 17.5 Å². The van der Waals surface area contributed by atoms with Gasteiger partial charge in [0.25, 0.3) is 0 Å². The molecule has 7 nitrogen and oxygen atoms in total. The zero-order valence-corrected chi connectivity index (χ0v) is 12.3. The molecule has 0 radical (unpaired) electrons. The summed E-state index contributed by atoms with van der Waals surface area (Å²) in [7, 11) is 1.66. The van der Waals surface area contributed by atoms with Crippen LogP contribution in [0.3, 0.4) is 0 Å². The maximum absolute atomic E-state index is 11.9. The third-order valence-electron chi connectivity index (χ3n) is 2.58. The van der Waals surface area contributed by atoms with Crippen LogP contribution in [0.5, 0.6) is 0 Å². The second-order valence-electron chi connectivity index (χ2n) is 4.10. The number of aromatic nitrogens is 3. The minimum absolute atomic E-state index is 0.0847. The van der Waals surface area contributed by atoms with Crippen molar-refractivity contribution in [1.29, 1.82) is 0 Å². The molecule has 0 atom stereocenters. The number of thiophene rings is 1. The number of esters is 1. The van der Waals surface area contributed by atoms with E-state index in [4.69, 9.17) is 0 Å². The standard InChI is InChI=1S/C13H13N3O4S/c1-3-20-13(19)9(18)7-8(17)11-14-12(16(2)15-11)10-5-4-6-21-10/h4-6H,3,7H2,1-2H3. The molecule has 2 aromatic rings. The highest BCUT2D eigenvalue weighted by atomic mass is 32.1. The summed E-state index contributed by atoms with van der Waals surface area (Å²) in [5, 5.41) is 5.87. The van der Waals surface area contributed by atoms with Crippen molar-refractivity contribution in [3.63, 3.8) is 0 Å². The molecule has 0 aliphatic carbocycles. The number of hydrogen-bond acceptors (Lipinski definition) is 7. The van der Waals surface area contributed by atoms with Crippen LogP contribution < -0.4 is 0 Å². The lowest BCUT2D eigenvalue weighted by molar-refractivity contribution is -0.153. The molecule has 0 aromatic carbocycles. The first kappa shape index (κ1) is 15.0. The summed E-state index contributed by atoms with van der Waals surface area (Å²) < 4.78 is 6.01. The van der Waals surface area contributed by atoms with Gasteiger partial charge in [-0.3, -0.25) is 9.59 Å². The van der Waals surface area contributed by atoms with E-state index in [0.29, 0.717) is 5.82 Å². The predicted molar refractivity (Wildman–Crippen MR) is 74.9 cm³/mol. The van der Waals surface area contributed by atoms with Crippen molar-refractivity contribution >= 4 is 28.9 Å². The van der Waals surface area contributed by atoms with Crippen molar-refractivity contribution in [1.82, 2.24) is 14.8 Å². The summed E-state index contributed by atoms with van der Waals surface area (Å²) in [5.74, 6) is -2.06. The molecule has 21 heavy (non-hydrogen) atoms. The summed E-state index contributed by atoms with van der Waals surface area (Å²) >= 11 is 1.46. The lowest BCUT2D eigenvalue weighted by atomic mass is 10.2. The quantitative estimate of drug-likeness (QED) is 0.345. The van der Waals surface area contributed by atoms with Crippen LogP contribution in [0, 0.1) is 0 Å². The van der Waals surface area contributed by atoms with Crippen LogP contribution in [0.2, 0.25) is 0 Å². The first-order valence-corrected chi connectivity index (χ1v) is 7.09. The molecule has 110 valence electrons. The van der Waals surface area contributed by atoms with Crippen molar-refractivity contribution in [2.75, 3.05) is 6.61 Å². The Morgan fingerprint density at radius 1 is 1.38 bits per heavy atom. The Morgan fingerprint density at radius 3 is 2.76 bits per heavy atom. The molecule has 0 amide bonds. The van der Waals surface area contributed by atoms with Gasteiger partial charge >= 0.3 is 5.97 Å². The van der Waals surface area contributed by atoms with E-state index in [1.54, 1.807) is 14.0 Å². The average Bonchev–Trinajstić information content (AvgIpc) is 3.07. The Balaban J connectivity index is 2.12. The van der Waals surface area contributed by atoms with Crippen LogP contribution in [-0.4, -0.2) is 38.9 Å². The minimum atomic E-state index is -1.01. The minimum Gasteiger partial charge on any atom is -0.460 e. The maximum Gasteiger partial charge on any atom is 0.375 e. The van der Waals surface area contributed by atoms with Crippen LogP contribution in [0.25, 0.3) is 10.7 Å². The highest BCUT2D eigenvalue weighted by Gasteiger charge is 2.23. The second kappa shape index (κ2) is 6.40. The van der Waals surface area contributed by atoms with Crippen molar-refractivity contribution in [3.05, 3.63) is 23.3 Å². The van der Waals surface area contributed by atoms with Gasteiger partial charge in [-0.05, 0) is 18.4 Å². The molecular formula is C13H13N3O4S. The van der Waals surface area contributed by atoms with E-state index in [9.17, 15) is 14.4 Å². The van der Waals surface area contributed by atoms with Crippen LogP contribution in [0.4, 0.5) is 0 Å². The molecule has 2 heterocycles. The van der Waals surface area contributed by atoms with Crippen LogP contribution in [0.1, 0.15) is 24.0 Å². The van der Waals surface area contributed by atoms with E-state index in [0.717, 1.165) is 4.88 Å². The number of ketones is 2. The third kappa shape index (κ3) is 3.40. The van der Waals surface area contributed by atoms with Crippen LogP contribution in [-0.2, 0) is 21.4 Å². The van der Waals surface area contributed by atoms with Gasteiger partial charge in [0.15, 0.2) is 5.82 Å². The molecule has 0 saturated carbocycles. The number of carbonyl (C=O) groups is 3. The average molecular weight is 307 g/mol. The molecule has 0 aliphatic heterocycles. The van der Waals surface area contributed by atoms with Gasteiger partial charge in [-0.25, -0.2) is 14.5 Å². The smallest absolute Gasteiger partial charge is 0.375 e. The third-order valence-corrected chi connectivity index (χ3v) is 3.44. The fourth-order valence-corrected chi connectivity index (χ4v) is 2.38. The molecule has 0 fully saturated rings. The van der Waals surface area contributed by atoms with E-state index in [2.05, 4.69) is 14.8 Å². The topological polar surface area (TPSA) is 91.2 Å². The number of Topliss-reactive ketones (excluding diaryl/α,β-unsaturated/α-hetero) is 2. The van der Waals surface area contributed by atoms with Gasteiger partial charge in [-0.15, -0.1) is 16.4 Å². The number of nitrogens with zero attached hydrogens (tertiary/aromatic N) is 3. The largest absolute Gasteiger partial charge is 0.460 e. The summed E-state index contributed by atoms with van der Waals surface area (Å²) in [6, 6.07) is 3.72. The Labute approximate surface area is 124 Å². The van der Waals surface area contributed by atoms with E-state index < -0.39 is 24.0 Å². The summed E-state index contributed by atoms with van der Waals surface area (Å²) in [6.07, 6.45) is -0.591. The van der Waals surface area contributed by atoms with Gasteiger partial charge in [-0.1, -0.05) is 6.07 Å². The molecule has 0 N–H and O–H groups in total. The molecule has 0 spiro atoms. The highest BCUT2D eigenvalue weighted by Crippen LogP contribution is 2.22. The fourth-order valence-electron chi connectivity index (χ4n) is 1.63. The molecule has 0 saturated heterocycles. The fraction of sp³-hybridized carbons (Fsp3) is 0.308.